The highest BCUT2D eigenvalue weighted by Gasteiger charge is 2.25. The summed E-state index contributed by atoms with van der Waals surface area (Å²) in [5, 5.41) is 13.6. The van der Waals surface area contributed by atoms with Gasteiger partial charge < -0.3 is 15.8 Å². The molecule has 1 heterocycles. The fourth-order valence-electron chi connectivity index (χ4n) is 1.77. The Hall–Kier alpha value is -2.15. The second-order valence-corrected chi connectivity index (χ2v) is 3.95. The van der Waals surface area contributed by atoms with E-state index in [0.29, 0.717) is 30.8 Å². The van der Waals surface area contributed by atoms with E-state index in [0.717, 1.165) is 0 Å². The predicted octanol–water partition coefficient (Wildman–Crippen LogP) is 0.817. The SMILES string of the molecule is NCCCOc1cc2c(cc1[N+](=O)[O-])CC(=O)N2. The first kappa shape index (κ1) is 12.3. The first-order chi connectivity index (χ1) is 8.61. The molecule has 7 heteroatoms. The second-order valence-electron chi connectivity index (χ2n) is 3.95. The summed E-state index contributed by atoms with van der Waals surface area (Å²) in [6.45, 7) is 0.763. The van der Waals surface area contributed by atoms with E-state index >= 15 is 0 Å². The number of carbonyl (C=O) groups excluding carboxylic acids is 1. The van der Waals surface area contributed by atoms with Gasteiger partial charge in [-0.15, -0.1) is 0 Å². The Kier molecular flexibility index (Phi) is 3.42. The molecule has 7 nitrogen and oxygen atoms in total. The first-order valence-corrected chi connectivity index (χ1v) is 5.56. The van der Waals surface area contributed by atoms with Crippen molar-refractivity contribution in [3.05, 3.63) is 27.8 Å². The van der Waals surface area contributed by atoms with Crippen LogP contribution in [0, 0.1) is 10.1 Å². The molecule has 96 valence electrons. The van der Waals surface area contributed by atoms with Gasteiger partial charge in [-0.2, -0.15) is 0 Å². The molecule has 0 unspecified atom stereocenters. The summed E-state index contributed by atoms with van der Waals surface area (Å²) in [4.78, 5) is 21.6. The van der Waals surface area contributed by atoms with Gasteiger partial charge in [-0.3, -0.25) is 14.9 Å². The summed E-state index contributed by atoms with van der Waals surface area (Å²) in [6.07, 6.45) is 0.778. The van der Waals surface area contributed by atoms with Gasteiger partial charge in [0.15, 0.2) is 5.75 Å². The molecule has 1 aromatic carbocycles. The average Bonchev–Trinajstić information content (AvgIpc) is 2.67. The van der Waals surface area contributed by atoms with Crippen LogP contribution >= 0.6 is 0 Å². The van der Waals surface area contributed by atoms with Gasteiger partial charge in [0.1, 0.15) is 0 Å². The topological polar surface area (TPSA) is 107 Å². The molecule has 0 aliphatic carbocycles. The van der Waals surface area contributed by atoms with Crippen LogP contribution in [0.3, 0.4) is 0 Å². The largest absolute Gasteiger partial charge is 0.487 e. The summed E-state index contributed by atoms with van der Waals surface area (Å²) in [5.41, 5.74) is 6.41. The van der Waals surface area contributed by atoms with Gasteiger partial charge >= 0.3 is 5.69 Å². The lowest BCUT2D eigenvalue weighted by atomic mass is 10.1. The minimum atomic E-state index is -0.513. The minimum absolute atomic E-state index is 0.123. The molecule has 1 aromatic rings. The van der Waals surface area contributed by atoms with E-state index < -0.39 is 4.92 Å². The van der Waals surface area contributed by atoms with Crippen LogP contribution < -0.4 is 15.8 Å². The van der Waals surface area contributed by atoms with Crippen molar-refractivity contribution in [2.75, 3.05) is 18.5 Å². The highest BCUT2D eigenvalue weighted by molar-refractivity contribution is 5.99. The smallest absolute Gasteiger partial charge is 0.311 e. The molecule has 0 spiro atoms. The number of benzene rings is 1. The lowest BCUT2D eigenvalue weighted by Crippen LogP contribution is -2.07. The molecule has 1 amide bonds. The Bertz CT molecular complexity index is 501. The number of hydrogen-bond donors (Lipinski definition) is 2. The zero-order valence-corrected chi connectivity index (χ0v) is 9.64. The zero-order chi connectivity index (χ0) is 13.1. The summed E-state index contributed by atoms with van der Waals surface area (Å²) in [5.74, 6) is -0.00666. The van der Waals surface area contributed by atoms with Crippen LogP contribution in [-0.2, 0) is 11.2 Å². The van der Waals surface area contributed by atoms with Crippen molar-refractivity contribution in [3.8, 4) is 5.75 Å². The Balaban J connectivity index is 2.29. The molecule has 0 saturated carbocycles. The van der Waals surface area contributed by atoms with Gasteiger partial charge in [0.2, 0.25) is 5.91 Å². The van der Waals surface area contributed by atoms with Crippen molar-refractivity contribution >= 4 is 17.3 Å². The number of carbonyl (C=O) groups is 1. The number of nitrogens with zero attached hydrogens (tertiary/aromatic N) is 1. The van der Waals surface area contributed by atoms with Crippen LogP contribution in [-0.4, -0.2) is 24.0 Å². The van der Waals surface area contributed by atoms with Gasteiger partial charge in [0.05, 0.1) is 18.0 Å². The number of fused-ring (bicyclic) bond motifs is 1. The molecule has 0 atom stereocenters. The van der Waals surface area contributed by atoms with E-state index in [1.54, 1.807) is 0 Å². The van der Waals surface area contributed by atoms with E-state index in [9.17, 15) is 14.9 Å². The highest BCUT2D eigenvalue weighted by Crippen LogP contribution is 2.36. The van der Waals surface area contributed by atoms with Crippen LogP contribution in [0.25, 0.3) is 0 Å². The van der Waals surface area contributed by atoms with E-state index in [2.05, 4.69) is 5.32 Å². The normalized spacial score (nSPS) is 13.1. The number of anilines is 1. The lowest BCUT2D eigenvalue weighted by Gasteiger charge is -2.08. The van der Waals surface area contributed by atoms with Crippen LogP contribution in [0.4, 0.5) is 11.4 Å². The lowest BCUT2D eigenvalue weighted by molar-refractivity contribution is -0.385. The van der Waals surface area contributed by atoms with Gasteiger partial charge in [-0.1, -0.05) is 0 Å². The number of hydrogen-bond acceptors (Lipinski definition) is 5. The molecule has 3 N–H and O–H groups in total. The molecule has 0 radical (unpaired) electrons. The van der Waals surface area contributed by atoms with Crippen LogP contribution in [0.15, 0.2) is 12.1 Å². The van der Waals surface area contributed by atoms with E-state index in [1.807, 2.05) is 0 Å². The van der Waals surface area contributed by atoms with Gasteiger partial charge in [0.25, 0.3) is 0 Å². The Morgan fingerprint density at radius 2 is 2.28 bits per heavy atom. The molecular weight excluding hydrogens is 238 g/mol. The van der Waals surface area contributed by atoms with Gasteiger partial charge in [-0.25, -0.2) is 0 Å². The number of ether oxygens (including phenoxy) is 1. The second kappa shape index (κ2) is 5.01. The standard InChI is InChI=1S/C11H13N3O4/c12-2-1-3-18-10-6-8-7(5-11(15)13-8)4-9(10)14(16)17/h4,6H,1-3,5,12H2,(H,13,15). The quantitative estimate of drug-likeness (QED) is 0.457. The molecule has 0 fully saturated rings. The maximum absolute atomic E-state index is 11.2. The number of nitro groups is 1. The third-order valence-electron chi connectivity index (χ3n) is 2.61. The van der Waals surface area contributed by atoms with Crippen molar-refractivity contribution in [2.45, 2.75) is 12.8 Å². The third kappa shape index (κ3) is 2.40. The summed E-state index contributed by atoms with van der Waals surface area (Å²) in [7, 11) is 0. The monoisotopic (exact) mass is 251 g/mol. The summed E-state index contributed by atoms with van der Waals surface area (Å²) in [6, 6.07) is 2.87. The van der Waals surface area contributed by atoms with Crippen molar-refractivity contribution in [1.82, 2.24) is 0 Å². The molecular formula is C11H13N3O4. The fourth-order valence-corrected chi connectivity index (χ4v) is 1.77. The van der Waals surface area contributed by atoms with Crippen molar-refractivity contribution in [1.29, 1.82) is 0 Å². The zero-order valence-electron chi connectivity index (χ0n) is 9.64. The van der Waals surface area contributed by atoms with Gasteiger partial charge in [0, 0.05) is 17.8 Å². The van der Waals surface area contributed by atoms with Gasteiger partial charge in [-0.05, 0) is 18.5 Å². The summed E-state index contributed by atoms with van der Waals surface area (Å²) >= 11 is 0. The third-order valence-corrected chi connectivity index (χ3v) is 2.61. The maximum Gasteiger partial charge on any atom is 0.311 e. The number of nitrogens with two attached hydrogens (primary N) is 1. The molecule has 0 aromatic heterocycles. The predicted molar refractivity (Wildman–Crippen MR) is 64.6 cm³/mol. The molecule has 2 rings (SSSR count). The van der Waals surface area contributed by atoms with Crippen molar-refractivity contribution in [2.24, 2.45) is 5.73 Å². The van der Waals surface area contributed by atoms with Crippen molar-refractivity contribution < 1.29 is 14.5 Å². The number of rotatable bonds is 5. The van der Waals surface area contributed by atoms with E-state index in [1.165, 1.54) is 12.1 Å². The molecule has 0 bridgehead atoms. The fraction of sp³-hybridized carbons (Fsp3) is 0.364. The number of nitrogens with one attached hydrogen (secondary N) is 1. The van der Waals surface area contributed by atoms with E-state index in [-0.39, 0.29) is 23.8 Å². The van der Waals surface area contributed by atoms with Crippen molar-refractivity contribution in [3.63, 3.8) is 0 Å². The molecule has 1 aliphatic heterocycles. The number of nitro benzene ring substituents is 1. The Labute approximate surface area is 103 Å². The first-order valence-electron chi connectivity index (χ1n) is 5.56. The maximum atomic E-state index is 11.2. The molecule has 0 saturated heterocycles. The molecule has 1 aliphatic rings. The van der Waals surface area contributed by atoms with E-state index in [4.69, 9.17) is 10.5 Å². The Morgan fingerprint density at radius 1 is 1.50 bits per heavy atom. The number of amides is 1. The highest BCUT2D eigenvalue weighted by atomic mass is 16.6. The van der Waals surface area contributed by atoms with Crippen LogP contribution in [0.2, 0.25) is 0 Å². The summed E-state index contributed by atoms with van der Waals surface area (Å²) < 4.78 is 5.33. The van der Waals surface area contributed by atoms with Crippen LogP contribution in [0.1, 0.15) is 12.0 Å². The van der Waals surface area contributed by atoms with Crippen LogP contribution in [0.5, 0.6) is 5.75 Å². The average molecular weight is 251 g/mol. The minimum Gasteiger partial charge on any atom is -0.487 e. The Morgan fingerprint density at radius 3 is 2.94 bits per heavy atom. The molecule has 18 heavy (non-hydrogen) atoms.